The summed E-state index contributed by atoms with van der Waals surface area (Å²) in [5.41, 5.74) is 0. The molecule has 316 valence electrons. The van der Waals surface area contributed by atoms with Gasteiger partial charge in [0.2, 0.25) is 0 Å². The Balaban J connectivity index is 4.45. The molecule has 0 aromatic rings. The van der Waals surface area contributed by atoms with Gasteiger partial charge in [0.25, 0.3) is 0 Å². The van der Waals surface area contributed by atoms with E-state index < -0.39 is 32.5 Å². The predicted molar refractivity (Wildman–Crippen MR) is 229 cm³/mol. The second-order valence-corrected chi connectivity index (χ2v) is 16.4. The number of phosphoric ester groups is 1. The van der Waals surface area contributed by atoms with Gasteiger partial charge in [0.05, 0.1) is 27.7 Å². The Bertz CT molecular complexity index is 1170. The minimum atomic E-state index is -4.38. The van der Waals surface area contributed by atoms with E-state index in [-0.39, 0.29) is 26.1 Å². The molecule has 0 saturated heterocycles. The van der Waals surface area contributed by atoms with Gasteiger partial charge >= 0.3 is 19.8 Å². The Morgan fingerprint density at radius 1 is 0.582 bits per heavy atom. The van der Waals surface area contributed by atoms with E-state index in [1.165, 1.54) is 19.3 Å². The van der Waals surface area contributed by atoms with Gasteiger partial charge in [-0.3, -0.25) is 18.6 Å². The van der Waals surface area contributed by atoms with Crippen molar-refractivity contribution in [3.63, 3.8) is 0 Å². The molecule has 2 atom stereocenters. The highest BCUT2D eigenvalue weighted by atomic mass is 31.2. The van der Waals surface area contributed by atoms with Gasteiger partial charge in [-0.05, 0) is 83.5 Å². The number of ether oxygens (including phenoxy) is 2. The minimum Gasteiger partial charge on any atom is -0.462 e. The monoisotopic (exact) mass is 793 g/mol. The van der Waals surface area contributed by atoms with Crippen LogP contribution in [0.15, 0.2) is 72.9 Å². The third-order valence-corrected chi connectivity index (χ3v) is 9.45. The summed E-state index contributed by atoms with van der Waals surface area (Å²) in [6.45, 7) is 4.21. The van der Waals surface area contributed by atoms with Gasteiger partial charge in [-0.2, -0.15) is 0 Å². The first-order valence-electron chi connectivity index (χ1n) is 21.2. The molecule has 0 aliphatic heterocycles. The first-order valence-corrected chi connectivity index (χ1v) is 22.7. The van der Waals surface area contributed by atoms with Crippen molar-refractivity contribution in [1.29, 1.82) is 0 Å². The van der Waals surface area contributed by atoms with Crippen LogP contribution in [0, 0.1) is 0 Å². The molecule has 0 rings (SSSR count). The lowest BCUT2D eigenvalue weighted by molar-refractivity contribution is -0.870. The molecule has 1 N–H and O–H groups in total. The van der Waals surface area contributed by atoms with Crippen LogP contribution < -0.4 is 0 Å². The summed E-state index contributed by atoms with van der Waals surface area (Å²) >= 11 is 0. The number of unbranched alkanes of at least 4 members (excludes halogenated alkanes) is 11. The number of hydrogen-bond acceptors (Lipinski definition) is 7. The lowest BCUT2D eigenvalue weighted by atomic mass is 10.1. The predicted octanol–water partition coefficient (Wildman–Crippen LogP) is 11.9. The van der Waals surface area contributed by atoms with E-state index in [1.54, 1.807) is 0 Å². The van der Waals surface area contributed by atoms with Gasteiger partial charge in [-0.15, -0.1) is 0 Å². The standard InChI is InChI=1S/C45H78NO8P/c1-6-8-10-12-14-16-18-20-21-22-23-24-25-26-28-29-31-33-35-37-44(47)51-41-43(42-53-55(49,50)52-40-39-46(3,4)5)54-45(48)38-36-34-32-30-27-19-17-15-13-11-9-7-2/h8,10,14-17,20-21,23-24,26,28,43H,6-7,9,11-13,18-19,22,25,27,29-42H2,1-5H3/p+1/b10-8+,16-14+,17-15+,21-20+,24-23+,28-26+/t43-/m0/s1. The third kappa shape index (κ3) is 40.9. The molecule has 0 heterocycles. The van der Waals surface area contributed by atoms with Crippen molar-refractivity contribution in [3.8, 4) is 0 Å². The number of esters is 2. The van der Waals surface area contributed by atoms with Gasteiger partial charge in [0.1, 0.15) is 19.8 Å². The molecule has 9 nitrogen and oxygen atoms in total. The van der Waals surface area contributed by atoms with Gasteiger partial charge in [-0.1, -0.05) is 125 Å². The quantitative estimate of drug-likeness (QED) is 0.0218. The van der Waals surface area contributed by atoms with Gasteiger partial charge < -0.3 is 18.9 Å². The summed E-state index contributed by atoms with van der Waals surface area (Å²) < 4.78 is 34.2. The van der Waals surface area contributed by atoms with Crippen LogP contribution in [0.1, 0.15) is 149 Å². The summed E-state index contributed by atoms with van der Waals surface area (Å²) in [6.07, 6.45) is 45.2. The maximum absolute atomic E-state index is 12.6. The Labute approximate surface area is 336 Å². The zero-order valence-corrected chi connectivity index (χ0v) is 36.3. The highest BCUT2D eigenvalue weighted by molar-refractivity contribution is 7.47. The van der Waals surface area contributed by atoms with Gasteiger partial charge in [-0.25, -0.2) is 4.57 Å². The first kappa shape index (κ1) is 52.5. The molecule has 1 unspecified atom stereocenters. The summed E-state index contributed by atoms with van der Waals surface area (Å²) in [6, 6.07) is 0. The second kappa shape index (κ2) is 37.1. The van der Waals surface area contributed by atoms with Crippen LogP contribution in [0.3, 0.4) is 0 Å². The minimum absolute atomic E-state index is 0.0209. The van der Waals surface area contributed by atoms with Crippen molar-refractivity contribution in [3.05, 3.63) is 72.9 Å². The lowest BCUT2D eigenvalue weighted by Crippen LogP contribution is -2.37. The van der Waals surface area contributed by atoms with Crippen LogP contribution in [-0.4, -0.2) is 74.9 Å². The number of nitrogens with zero attached hydrogens (tertiary/aromatic N) is 1. The van der Waals surface area contributed by atoms with Crippen molar-refractivity contribution < 1.29 is 42.1 Å². The molecule has 10 heteroatoms. The Morgan fingerprint density at radius 2 is 1.04 bits per heavy atom. The average Bonchev–Trinajstić information content (AvgIpc) is 3.13. The van der Waals surface area contributed by atoms with Crippen molar-refractivity contribution >= 4 is 19.8 Å². The Hall–Kier alpha value is -2.55. The van der Waals surface area contributed by atoms with E-state index in [4.69, 9.17) is 18.5 Å². The fourth-order valence-corrected chi connectivity index (χ4v) is 5.89. The highest BCUT2D eigenvalue weighted by Crippen LogP contribution is 2.43. The maximum Gasteiger partial charge on any atom is 0.472 e. The highest BCUT2D eigenvalue weighted by Gasteiger charge is 2.27. The number of quaternary nitrogens is 1. The molecule has 0 amide bonds. The smallest absolute Gasteiger partial charge is 0.462 e. The van der Waals surface area contributed by atoms with Gasteiger partial charge in [0.15, 0.2) is 6.10 Å². The molecule has 0 bridgehead atoms. The molecule has 0 aliphatic rings. The molecular formula is C45H79NO8P+. The van der Waals surface area contributed by atoms with Crippen LogP contribution in [0.5, 0.6) is 0 Å². The molecule has 0 aromatic carbocycles. The third-order valence-electron chi connectivity index (χ3n) is 8.47. The zero-order valence-electron chi connectivity index (χ0n) is 35.4. The molecule has 0 aliphatic carbocycles. The van der Waals surface area contributed by atoms with Crippen LogP contribution in [0.25, 0.3) is 0 Å². The summed E-state index contributed by atoms with van der Waals surface area (Å²) in [5, 5.41) is 0. The molecule has 0 fully saturated rings. The van der Waals surface area contributed by atoms with Crippen LogP contribution in [0.4, 0.5) is 0 Å². The summed E-state index contributed by atoms with van der Waals surface area (Å²) in [7, 11) is 1.44. The van der Waals surface area contributed by atoms with Crippen LogP contribution >= 0.6 is 7.82 Å². The maximum atomic E-state index is 12.6. The summed E-state index contributed by atoms with van der Waals surface area (Å²) in [4.78, 5) is 35.3. The molecule has 0 spiro atoms. The zero-order chi connectivity index (χ0) is 40.7. The summed E-state index contributed by atoms with van der Waals surface area (Å²) in [5.74, 6) is -0.855. The van der Waals surface area contributed by atoms with Crippen molar-refractivity contribution in [1.82, 2.24) is 0 Å². The fourth-order valence-electron chi connectivity index (χ4n) is 5.15. The molecular weight excluding hydrogens is 713 g/mol. The van der Waals surface area contributed by atoms with Gasteiger partial charge in [0, 0.05) is 12.8 Å². The Morgan fingerprint density at radius 3 is 1.58 bits per heavy atom. The van der Waals surface area contributed by atoms with E-state index in [0.29, 0.717) is 23.9 Å². The fraction of sp³-hybridized carbons (Fsp3) is 0.689. The van der Waals surface area contributed by atoms with E-state index in [9.17, 15) is 19.0 Å². The topological polar surface area (TPSA) is 108 Å². The van der Waals surface area contributed by atoms with Crippen LogP contribution in [0.2, 0.25) is 0 Å². The number of carbonyl (C=O) groups is 2. The first-order chi connectivity index (χ1) is 26.5. The number of allylic oxidation sites excluding steroid dienone is 12. The van der Waals surface area contributed by atoms with Crippen molar-refractivity contribution in [2.24, 2.45) is 0 Å². The molecule has 0 saturated carbocycles. The average molecular weight is 793 g/mol. The number of rotatable bonds is 37. The van der Waals surface area contributed by atoms with Crippen LogP contribution in [-0.2, 0) is 32.7 Å². The second-order valence-electron chi connectivity index (χ2n) is 15.0. The molecule has 0 aromatic heterocycles. The van der Waals surface area contributed by atoms with E-state index in [0.717, 1.165) is 89.9 Å². The number of phosphoric acid groups is 1. The normalized spacial score (nSPS) is 14.4. The molecule has 55 heavy (non-hydrogen) atoms. The number of carbonyl (C=O) groups excluding carboxylic acids is 2. The van der Waals surface area contributed by atoms with Crippen molar-refractivity contribution in [2.75, 3.05) is 47.5 Å². The Kier molecular flexibility index (Phi) is 35.3. The largest absolute Gasteiger partial charge is 0.472 e. The van der Waals surface area contributed by atoms with E-state index in [2.05, 4.69) is 86.8 Å². The van der Waals surface area contributed by atoms with Crippen molar-refractivity contribution in [2.45, 2.75) is 155 Å². The number of hydrogen-bond donors (Lipinski definition) is 1. The number of likely N-dealkylation sites (N-methyl/N-ethyl adjacent to an activating group) is 1. The lowest BCUT2D eigenvalue weighted by Gasteiger charge is -2.24. The van der Waals surface area contributed by atoms with E-state index in [1.807, 2.05) is 21.1 Å². The SMILES string of the molecule is CC/C=C/C/C=C/C/C=C/C/C=C/C/C=C/CCCCCC(=O)OC[C@@H](COP(=O)(O)OCC[N+](C)(C)C)OC(=O)CCCCCCC/C=C/CCCCC. The van der Waals surface area contributed by atoms with E-state index >= 15 is 0 Å². The molecule has 0 radical (unpaired) electrons.